The van der Waals surface area contributed by atoms with E-state index in [4.69, 9.17) is 4.74 Å². The van der Waals surface area contributed by atoms with Crippen molar-refractivity contribution in [2.75, 3.05) is 38.2 Å². The highest BCUT2D eigenvalue weighted by Gasteiger charge is 2.34. The van der Waals surface area contributed by atoms with Crippen molar-refractivity contribution in [3.8, 4) is 0 Å². The molecule has 1 aromatic carbocycles. The summed E-state index contributed by atoms with van der Waals surface area (Å²) in [6.07, 6.45) is 1.62. The fourth-order valence-corrected chi connectivity index (χ4v) is 3.57. The molecule has 1 unspecified atom stereocenters. The van der Waals surface area contributed by atoms with Crippen molar-refractivity contribution in [2.45, 2.75) is 39.3 Å². The Hall–Kier alpha value is -1.92. The fraction of sp³-hybridized carbons (Fsp3) is 0.600. The molecule has 1 atom stereocenters. The summed E-state index contributed by atoms with van der Waals surface area (Å²) in [6.45, 7) is 8.83. The summed E-state index contributed by atoms with van der Waals surface area (Å²) >= 11 is 0. The Balaban J connectivity index is 1.56. The van der Waals surface area contributed by atoms with Crippen LogP contribution in [-0.4, -0.2) is 60.5 Å². The minimum absolute atomic E-state index is 0.0588. The molecule has 0 bridgehead atoms. The Morgan fingerprint density at radius 1 is 1.15 bits per heavy atom. The zero-order valence-electron chi connectivity index (χ0n) is 15.7. The van der Waals surface area contributed by atoms with Gasteiger partial charge in [-0.3, -0.25) is 14.5 Å². The molecular weight excluding hydrogens is 330 g/mol. The standard InChI is InChI=1S/C20H29N3O3/c1-15(2)20(25)23-9-3-4-18(23)19(24)21-17-7-5-16(6-8-17)14-22-10-12-26-13-11-22/h5-8,15,18H,3-4,9-14H2,1-2H3,(H,21,24). The second-order valence-electron chi connectivity index (χ2n) is 7.42. The van der Waals surface area contributed by atoms with Gasteiger partial charge in [0.2, 0.25) is 11.8 Å². The molecule has 1 aromatic rings. The van der Waals surface area contributed by atoms with E-state index < -0.39 is 0 Å². The summed E-state index contributed by atoms with van der Waals surface area (Å²) in [5.41, 5.74) is 2.01. The molecule has 0 spiro atoms. The van der Waals surface area contributed by atoms with Crippen molar-refractivity contribution < 1.29 is 14.3 Å². The Labute approximate surface area is 155 Å². The smallest absolute Gasteiger partial charge is 0.247 e. The normalized spacial score (nSPS) is 21.2. The van der Waals surface area contributed by atoms with E-state index >= 15 is 0 Å². The van der Waals surface area contributed by atoms with Gasteiger partial charge in [-0.15, -0.1) is 0 Å². The largest absolute Gasteiger partial charge is 0.379 e. The number of carbonyl (C=O) groups is 2. The Bertz CT molecular complexity index is 624. The van der Waals surface area contributed by atoms with Crippen molar-refractivity contribution in [1.29, 1.82) is 0 Å². The summed E-state index contributed by atoms with van der Waals surface area (Å²) < 4.78 is 5.37. The van der Waals surface area contributed by atoms with E-state index in [-0.39, 0.29) is 23.8 Å². The average Bonchev–Trinajstić information content (AvgIpc) is 3.13. The second kappa shape index (κ2) is 8.64. The maximum absolute atomic E-state index is 12.6. The molecule has 3 rings (SSSR count). The maximum atomic E-state index is 12.6. The fourth-order valence-electron chi connectivity index (χ4n) is 3.57. The molecule has 2 heterocycles. The van der Waals surface area contributed by atoms with Gasteiger partial charge in [-0.05, 0) is 30.5 Å². The van der Waals surface area contributed by atoms with E-state index in [1.807, 2.05) is 26.0 Å². The quantitative estimate of drug-likeness (QED) is 0.875. The van der Waals surface area contributed by atoms with Crippen molar-refractivity contribution in [2.24, 2.45) is 5.92 Å². The predicted molar refractivity (Wildman–Crippen MR) is 101 cm³/mol. The lowest BCUT2D eigenvalue weighted by Crippen LogP contribution is -2.44. The first-order valence-corrected chi connectivity index (χ1v) is 9.55. The van der Waals surface area contributed by atoms with Crippen LogP contribution in [0.25, 0.3) is 0 Å². The monoisotopic (exact) mass is 359 g/mol. The molecular formula is C20H29N3O3. The number of anilines is 1. The number of nitrogens with one attached hydrogen (secondary N) is 1. The number of rotatable bonds is 5. The molecule has 2 aliphatic rings. The summed E-state index contributed by atoms with van der Waals surface area (Å²) in [5.74, 6) is -0.108. The number of nitrogens with zero attached hydrogens (tertiary/aromatic N) is 2. The molecule has 2 amide bonds. The van der Waals surface area contributed by atoms with Crippen LogP contribution in [0.3, 0.4) is 0 Å². The van der Waals surface area contributed by atoms with Crippen LogP contribution in [0.2, 0.25) is 0 Å². The highest BCUT2D eigenvalue weighted by molar-refractivity contribution is 5.97. The third kappa shape index (κ3) is 4.62. The maximum Gasteiger partial charge on any atom is 0.247 e. The predicted octanol–water partition coefficient (Wildman–Crippen LogP) is 2.10. The van der Waals surface area contributed by atoms with E-state index in [1.165, 1.54) is 5.56 Å². The van der Waals surface area contributed by atoms with E-state index in [1.54, 1.807) is 4.90 Å². The van der Waals surface area contributed by atoms with Crippen LogP contribution in [-0.2, 0) is 20.9 Å². The molecule has 142 valence electrons. The molecule has 26 heavy (non-hydrogen) atoms. The van der Waals surface area contributed by atoms with Gasteiger partial charge < -0.3 is 15.0 Å². The van der Waals surface area contributed by atoms with Crippen LogP contribution in [0.4, 0.5) is 5.69 Å². The topological polar surface area (TPSA) is 61.9 Å². The molecule has 6 nitrogen and oxygen atoms in total. The SMILES string of the molecule is CC(C)C(=O)N1CCCC1C(=O)Nc1ccc(CN2CCOCC2)cc1. The number of hydrogen-bond donors (Lipinski definition) is 1. The molecule has 0 aliphatic carbocycles. The Kier molecular flexibility index (Phi) is 6.27. The molecule has 2 saturated heterocycles. The van der Waals surface area contributed by atoms with Crippen molar-refractivity contribution in [1.82, 2.24) is 9.80 Å². The van der Waals surface area contributed by atoms with E-state index in [0.717, 1.165) is 51.4 Å². The van der Waals surface area contributed by atoms with E-state index in [0.29, 0.717) is 6.54 Å². The Morgan fingerprint density at radius 2 is 1.85 bits per heavy atom. The van der Waals surface area contributed by atoms with Gasteiger partial charge in [-0.2, -0.15) is 0 Å². The van der Waals surface area contributed by atoms with Gasteiger partial charge in [0.1, 0.15) is 6.04 Å². The minimum Gasteiger partial charge on any atom is -0.379 e. The van der Waals surface area contributed by atoms with Crippen molar-refractivity contribution in [3.05, 3.63) is 29.8 Å². The lowest BCUT2D eigenvalue weighted by molar-refractivity contribution is -0.139. The summed E-state index contributed by atoms with van der Waals surface area (Å²) in [5, 5.41) is 2.97. The third-order valence-electron chi connectivity index (χ3n) is 5.06. The number of ether oxygens (including phenoxy) is 1. The van der Waals surface area contributed by atoms with E-state index in [9.17, 15) is 9.59 Å². The second-order valence-corrected chi connectivity index (χ2v) is 7.42. The van der Waals surface area contributed by atoms with Gasteiger partial charge >= 0.3 is 0 Å². The summed E-state index contributed by atoms with van der Waals surface area (Å²) in [7, 11) is 0. The first-order valence-electron chi connectivity index (χ1n) is 9.55. The van der Waals surface area contributed by atoms with Gasteiger partial charge in [-0.1, -0.05) is 26.0 Å². The van der Waals surface area contributed by atoms with Gasteiger partial charge in [0.15, 0.2) is 0 Å². The summed E-state index contributed by atoms with van der Waals surface area (Å²) in [6, 6.07) is 7.64. The van der Waals surface area contributed by atoms with Crippen LogP contribution in [0.1, 0.15) is 32.3 Å². The van der Waals surface area contributed by atoms with Crippen molar-refractivity contribution >= 4 is 17.5 Å². The number of carbonyl (C=O) groups excluding carboxylic acids is 2. The van der Waals surface area contributed by atoms with Crippen LogP contribution in [0.5, 0.6) is 0 Å². The highest BCUT2D eigenvalue weighted by Crippen LogP contribution is 2.22. The molecule has 0 saturated carbocycles. The van der Waals surface area contributed by atoms with Crippen LogP contribution in [0, 0.1) is 5.92 Å². The molecule has 0 aromatic heterocycles. The lowest BCUT2D eigenvalue weighted by Gasteiger charge is -2.27. The Morgan fingerprint density at radius 3 is 2.50 bits per heavy atom. The van der Waals surface area contributed by atoms with Crippen LogP contribution >= 0.6 is 0 Å². The van der Waals surface area contributed by atoms with Crippen LogP contribution in [0.15, 0.2) is 24.3 Å². The number of benzene rings is 1. The van der Waals surface area contributed by atoms with E-state index in [2.05, 4.69) is 22.3 Å². The first kappa shape index (κ1) is 18.9. The number of amides is 2. The first-order chi connectivity index (χ1) is 12.5. The minimum atomic E-state index is -0.349. The van der Waals surface area contributed by atoms with Gasteiger partial charge in [-0.25, -0.2) is 0 Å². The molecule has 2 aliphatic heterocycles. The zero-order chi connectivity index (χ0) is 18.5. The molecule has 0 radical (unpaired) electrons. The van der Waals surface area contributed by atoms with Crippen LogP contribution < -0.4 is 5.32 Å². The van der Waals surface area contributed by atoms with Gasteiger partial charge in [0, 0.05) is 37.8 Å². The molecule has 6 heteroatoms. The van der Waals surface area contributed by atoms with Gasteiger partial charge in [0.05, 0.1) is 13.2 Å². The number of likely N-dealkylation sites (tertiary alicyclic amines) is 1. The number of hydrogen-bond acceptors (Lipinski definition) is 4. The number of morpholine rings is 1. The lowest BCUT2D eigenvalue weighted by atomic mass is 10.1. The van der Waals surface area contributed by atoms with Crippen molar-refractivity contribution in [3.63, 3.8) is 0 Å². The molecule has 2 fully saturated rings. The zero-order valence-corrected chi connectivity index (χ0v) is 15.7. The van der Waals surface area contributed by atoms with Gasteiger partial charge in [0.25, 0.3) is 0 Å². The average molecular weight is 359 g/mol. The molecule has 1 N–H and O–H groups in total. The summed E-state index contributed by atoms with van der Waals surface area (Å²) in [4.78, 5) is 29.0. The third-order valence-corrected chi connectivity index (χ3v) is 5.06. The highest BCUT2D eigenvalue weighted by atomic mass is 16.5.